The fraction of sp³-hybridized carbons (Fsp3) is 0.500. The van der Waals surface area contributed by atoms with E-state index in [-0.39, 0.29) is 58.2 Å². The molecule has 0 aliphatic carbocycles. The smallest absolute Gasteiger partial charge is 0.391 e. The van der Waals surface area contributed by atoms with Crippen LogP contribution < -0.4 is 63.1 Å². The van der Waals surface area contributed by atoms with E-state index in [0.717, 1.165) is 0 Å². The molecular formula is C6H9N4Rb. The van der Waals surface area contributed by atoms with Crippen LogP contribution in [0.1, 0.15) is 5.82 Å². The van der Waals surface area contributed by atoms with Crippen LogP contribution in [0.2, 0.25) is 0 Å². The Balaban J connectivity index is 0.000001000. The van der Waals surface area contributed by atoms with Crippen molar-refractivity contribution in [3.63, 3.8) is 0 Å². The van der Waals surface area contributed by atoms with Crippen molar-refractivity contribution in [3.8, 4) is 0 Å². The van der Waals surface area contributed by atoms with E-state index in [1.807, 2.05) is 19.0 Å². The van der Waals surface area contributed by atoms with Crippen LogP contribution in [-0.4, -0.2) is 29.3 Å². The van der Waals surface area contributed by atoms with E-state index < -0.39 is 0 Å². The molecule has 0 saturated heterocycles. The van der Waals surface area contributed by atoms with Crippen molar-refractivity contribution in [2.45, 2.75) is 6.92 Å². The van der Waals surface area contributed by atoms with E-state index in [9.17, 15) is 0 Å². The molecule has 5 heteroatoms. The van der Waals surface area contributed by atoms with E-state index in [1.165, 1.54) is 0 Å². The first-order valence-corrected chi connectivity index (χ1v) is 2.96. The zero-order valence-electron chi connectivity index (χ0n) is 7.29. The Hall–Kier alpha value is 0.615. The predicted octanol–water partition coefficient (Wildman–Crippen LogP) is -2.95. The number of rotatable bonds is 1. The van der Waals surface area contributed by atoms with Crippen LogP contribution in [0.4, 0.5) is 5.82 Å². The summed E-state index contributed by atoms with van der Waals surface area (Å²) in [5, 5.41) is 7.31. The number of hydrogen-bond donors (Lipinski definition) is 0. The first kappa shape index (κ1) is 11.6. The summed E-state index contributed by atoms with van der Waals surface area (Å²) < 4.78 is 0. The fourth-order valence-corrected chi connectivity index (χ4v) is 0.543. The molecule has 0 aliphatic heterocycles. The molecule has 11 heavy (non-hydrogen) atoms. The largest absolute Gasteiger partial charge is 1.00 e. The molecule has 0 radical (unpaired) electrons. The molecule has 1 heterocycles. The molecule has 0 bridgehead atoms. The summed E-state index contributed by atoms with van der Waals surface area (Å²) in [4.78, 5) is 5.90. The second-order valence-electron chi connectivity index (χ2n) is 2.19. The standard InChI is InChI=1S/C6H9N4.Rb/c1-5-8-6(10(2)3)4-7-9-5;/h1-3H3;/q-1;+1. The third-order valence-corrected chi connectivity index (χ3v) is 1.04. The summed E-state index contributed by atoms with van der Waals surface area (Å²) in [5.74, 6) is 1.38. The molecule has 0 amide bonds. The van der Waals surface area contributed by atoms with Crippen molar-refractivity contribution in [1.82, 2.24) is 15.2 Å². The number of aromatic nitrogens is 3. The minimum absolute atomic E-state index is 0. The van der Waals surface area contributed by atoms with Crippen molar-refractivity contribution in [1.29, 1.82) is 0 Å². The second kappa shape index (κ2) is 5.29. The van der Waals surface area contributed by atoms with Gasteiger partial charge in [0.05, 0.1) is 0 Å². The van der Waals surface area contributed by atoms with Gasteiger partial charge in [-0.2, -0.15) is 5.10 Å². The van der Waals surface area contributed by atoms with Gasteiger partial charge in [-0.25, -0.2) is 0 Å². The van der Waals surface area contributed by atoms with Crippen molar-refractivity contribution >= 4 is 5.82 Å². The van der Waals surface area contributed by atoms with Crippen LogP contribution in [0.15, 0.2) is 0 Å². The summed E-state index contributed by atoms with van der Waals surface area (Å²) in [6.45, 7) is 1.80. The Morgan fingerprint density at radius 3 is 2.36 bits per heavy atom. The third-order valence-electron chi connectivity index (χ3n) is 1.04. The maximum atomic E-state index is 4.07. The van der Waals surface area contributed by atoms with Gasteiger partial charge in [0.15, 0.2) is 0 Å². The molecule has 54 valence electrons. The van der Waals surface area contributed by atoms with Gasteiger partial charge in [0.2, 0.25) is 0 Å². The number of aryl methyl sites for hydroxylation is 1. The second-order valence-corrected chi connectivity index (χ2v) is 2.19. The maximum Gasteiger partial charge on any atom is 1.00 e. The molecule has 0 spiro atoms. The van der Waals surface area contributed by atoms with Gasteiger partial charge in [0.1, 0.15) is 5.82 Å². The zero-order valence-corrected chi connectivity index (χ0v) is 12.2. The first-order chi connectivity index (χ1) is 4.70. The average Bonchev–Trinajstić information content (AvgIpc) is 1.88. The van der Waals surface area contributed by atoms with E-state index in [0.29, 0.717) is 11.6 Å². The summed E-state index contributed by atoms with van der Waals surface area (Å²) in [6.07, 6.45) is 2.66. The summed E-state index contributed by atoms with van der Waals surface area (Å²) in [6, 6.07) is 0. The molecule has 1 rings (SSSR count). The SMILES string of the molecule is Cc1nn[c-]c(N(C)C)n1.[Rb+]. The van der Waals surface area contributed by atoms with Gasteiger partial charge in [-0.15, -0.1) is 0 Å². The third kappa shape index (κ3) is 3.69. The van der Waals surface area contributed by atoms with Gasteiger partial charge in [-0.05, 0) is 12.7 Å². The normalized spacial score (nSPS) is 8.64. The van der Waals surface area contributed by atoms with E-state index in [1.54, 1.807) is 6.92 Å². The van der Waals surface area contributed by atoms with Crippen LogP contribution in [0.5, 0.6) is 0 Å². The van der Waals surface area contributed by atoms with Gasteiger partial charge in [-0.1, -0.05) is 0 Å². The van der Waals surface area contributed by atoms with Crippen LogP contribution in [0.3, 0.4) is 0 Å². The van der Waals surface area contributed by atoms with E-state index in [2.05, 4.69) is 21.4 Å². The quantitative estimate of drug-likeness (QED) is 0.477. The Morgan fingerprint density at radius 2 is 2.00 bits per heavy atom. The predicted molar refractivity (Wildman–Crippen MR) is 37.7 cm³/mol. The summed E-state index contributed by atoms with van der Waals surface area (Å²) in [7, 11) is 3.78. The molecule has 0 aliphatic rings. The van der Waals surface area contributed by atoms with Crippen molar-refractivity contribution in [2.75, 3.05) is 19.0 Å². The molecule has 0 fully saturated rings. The monoisotopic (exact) mass is 222 g/mol. The van der Waals surface area contributed by atoms with Gasteiger partial charge in [0, 0.05) is 14.1 Å². The molecule has 4 nitrogen and oxygen atoms in total. The molecular weight excluding hydrogens is 214 g/mol. The van der Waals surface area contributed by atoms with Gasteiger partial charge >= 0.3 is 58.2 Å². The van der Waals surface area contributed by atoms with Crippen molar-refractivity contribution < 1.29 is 58.2 Å². The minimum atomic E-state index is 0. The van der Waals surface area contributed by atoms with Crippen LogP contribution in [-0.2, 0) is 0 Å². The molecule has 1 aromatic rings. The van der Waals surface area contributed by atoms with Gasteiger partial charge in [0.25, 0.3) is 0 Å². The molecule has 0 saturated carbocycles. The summed E-state index contributed by atoms with van der Waals surface area (Å²) in [5.41, 5.74) is 0. The molecule has 0 N–H and O–H groups in total. The van der Waals surface area contributed by atoms with Crippen LogP contribution in [0, 0.1) is 13.1 Å². The van der Waals surface area contributed by atoms with E-state index >= 15 is 0 Å². The van der Waals surface area contributed by atoms with Gasteiger partial charge < -0.3 is 10.00 Å². The number of hydrogen-bond acceptors (Lipinski definition) is 4. The maximum absolute atomic E-state index is 4.07. The zero-order chi connectivity index (χ0) is 7.56. The van der Waals surface area contributed by atoms with E-state index in [4.69, 9.17) is 0 Å². The Morgan fingerprint density at radius 1 is 1.36 bits per heavy atom. The molecule has 0 aromatic carbocycles. The van der Waals surface area contributed by atoms with Crippen molar-refractivity contribution in [3.05, 3.63) is 12.0 Å². The van der Waals surface area contributed by atoms with Crippen molar-refractivity contribution in [2.24, 2.45) is 0 Å². The molecule has 1 aromatic heterocycles. The Bertz CT molecular complexity index is 226. The number of nitrogens with zero attached hydrogens (tertiary/aromatic N) is 4. The number of anilines is 1. The van der Waals surface area contributed by atoms with Crippen LogP contribution >= 0.6 is 0 Å². The van der Waals surface area contributed by atoms with Crippen LogP contribution in [0.25, 0.3) is 0 Å². The molecule has 0 atom stereocenters. The Kier molecular flexibility index (Phi) is 5.59. The Labute approximate surface area is 115 Å². The fourth-order valence-electron chi connectivity index (χ4n) is 0.543. The molecule has 0 unspecified atom stereocenters. The summed E-state index contributed by atoms with van der Waals surface area (Å²) >= 11 is 0. The first-order valence-electron chi connectivity index (χ1n) is 2.96. The minimum Gasteiger partial charge on any atom is -0.391 e. The topological polar surface area (TPSA) is 41.9 Å². The average molecular weight is 223 g/mol. The van der Waals surface area contributed by atoms with Gasteiger partial charge in [-0.3, -0.25) is 11.2 Å².